The Morgan fingerprint density at radius 1 is 0.613 bits per heavy atom. The molecule has 0 saturated heterocycles. The van der Waals surface area contributed by atoms with Crippen molar-refractivity contribution in [3.8, 4) is 0 Å². The minimum Gasteiger partial charge on any atom is -0.305 e. The molecule has 4 heteroatoms. The van der Waals surface area contributed by atoms with E-state index in [0.717, 1.165) is 70.4 Å². The molecule has 31 heavy (non-hydrogen) atoms. The van der Waals surface area contributed by atoms with Crippen LogP contribution in [0.15, 0.2) is 84.2 Å². The quantitative estimate of drug-likeness (QED) is 0.238. The van der Waals surface area contributed by atoms with Gasteiger partial charge < -0.3 is 4.40 Å². The first kappa shape index (κ1) is 15.5. The molecule has 0 amide bonds. The zero-order valence-corrected chi connectivity index (χ0v) is 16.3. The van der Waals surface area contributed by atoms with Gasteiger partial charge in [0.15, 0.2) is 5.43 Å². The summed E-state index contributed by atoms with van der Waals surface area (Å²) in [5.74, 6) is 0. The molecule has 0 aliphatic carbocycles. The zero-order valence-electron chi connectivity index (χ0n) is 16.3. The van der Waals surface area contributed by atoms with Crippen molar-refractivity contribution < 1.29 is 0 Å². The van der Waals surface area contributed by atoms with Crippen LogP contribution in [0.5, 0.6) is 0 Å². The number of pyridine rings is 2. The summed E-state index contributed by atoms with van der Waals surface area (Å²) < 4.78 is 2.21. The number of benzene rings is 4. The van der Waals surface area contributed by atoms with E-state index in [2.05, 4.69) is 50.8 Å². The molecule has 4 heterocycles. The van der Waals surface area contributed by atoms with Crippen molar-refractivity contribution in [2.75, 3.05) is 0 Å². The minimum absolute atomic E-state index is 0.0933. The number of rotatable bonds is 0. The third kappa shape index (κ3) is 1.64. The molecule has 0 aliphatic rings. The molecule has 0 atom stereocenters. The SMILES string of the molecule is O=c1c2cccc3cccc(c4cc5c6ccncc6n6c7cnccc7c(c14)c56)c32. The molecule has 0 N–H and O–H groups in total. The summed E-state index contributed by atoms with van der Waals surface area (Å²) in [6, 6.07) is 18.6. The first-order valence-corrected chi connectivity index (χ1v) is 10.3. The van der Waals surface area contributed by atoms with Crippen LogP contribution in [-0.4, -0.2) is 14.4 Å². The molecule has 0 radical (unpaired) electrons. The van der Waals surface area contributed by atoms with Crippen LogP contribution in [0, 0.1) is 0 Å². The molecule has 0 aliphatic heterocycles. The van der Waals surface area contributed by atoms with E-state index in [1.165, 1.54) is 0 Å². The smallest absolute Gasteiger partial charge is 0.195 e. The highest BCUT2D eigenvalue weighted by molar-refractivity contribution is 6.35. The standard InChI is InChI=1S/C27H13N3O/c31-27-18-6-2-4-14-3-1-5-16(23(14)18)19-11-20-15-7-9-28-12-21(15)30-22-13-29-10-8-17(22)24(25(19)27)26(20)30/h1-13H. The van der Waals surface area contributed by atoms with Gasteiger partial charge in [-0.25, -0.2) is 0 Å². The van der Waals surface area contributed by atoms with Crippen LogP contribution in [-0.2, 0) is 0 Å². The fraction of sp³-hybridized carbons (Fsp3) is 0. The van der Waals surface area contributed by atoms with Gasteiger partial charge >= 0.3 is 0 Å². The van der Waals surface area contributed by atoms with Gasteiger partial charge in [-0.2, -0.15) is 0 Å². The molecule has 0 fully saturated rings. The van der Waals surface area contributed by atoms with Crippen molar-refractivity contribution in [1.29, 1.82) is 0 Å². The van der Waals surface area contributed by atoms with Gasteiger partial charge in [-0.05, 0) is 34.4 Å². The summed E-state index contributed by atoms with van der Waals surface area (Å²) >= 11 is 0. The van der Waals surface area contributed by atoms with Crippen molar-refractivity contribution >= 4 is 70.4 Å². The van der Waals surface area contributed by atoms with Crippen LogP contribution >= 0.6 is 0 Å². The number of nitrogens with zero attached hydrogens (tertiary/aromatic N) is 3. The summed E-state index contributed by atoms with van der Waals surface area (Å²) in [6.07, 6.45) is 7.42. The zero-order chi connectivity index (χ0) is 20.3. The van der Waals surface area contributed by atoms with Gasteiger partial charge in [-0.15, -0.1) is 0 Å². The Labute approximate surface area is 174 Å². The molecule has 8 rings (SSSR count). The highest BCUT2D eigenvalue weighted by atomic mass is 16.1. The fourth-order valence-corrected chi connectivity index (χ4v) is 5.65. The van der Waals surface area contributed by atoms with Gasteiger partial charge in [-0.3, -0.25) is 14.8 Å². The normalized spacial score (nSPS) is 12.6. The first-order chi connectivity index (χ1) is 15.3. The fourth-order valence-electron chi connectivity index (χ4n) is 5.65. The topological polar surface area (TPSA) is 47.3 Å². The Balaban J connectivity index is 1.86. The molecule has 142 valence electrons. The molecule has 4 nitrogen and oxygen atoms in total. The average molecular weight is 395 g/mol. The van der Waals surface area contributed by atoms with E-state index in [0.29, 0.717) is 0 Å². The van der Waals surface area contributed by atoms with E-state index in [-0.39, 0.29) is 5.43 Å². The average Bonchev–Trinajstić information content (AvgIpc) is 3.33. The van der Waals surface area contributed by atoms with Crippen molar-refractivity contribution in [3.63, 3.8) is 0 Å². The molecule has 0 spiro atoms. The lowest BCUT2D eigenvalue weighted by molar-refractivity contribution is 1.27. The van der Waals surface area contributed by atoms with Crippen molar-refractivity contribution in [3.05, 3.63) is 89.6 Å². The monoisotopic (exact) mass is 395 g/mol. The van der Waals surface area contributed by atoms with Gasteiger partial charge in [0, 0.05) is 50.1 Å². The van der Waals surface area contributed by atoms with E-state index in [1.54, 1.807) is 6.20 Å². The van der Waals surface area contributed by atoms with E-state index in [1.807, 2.05) is 36.8 Å². The largest absolute Gasteiger partial charge is 0.305 e. The molecular formula is C27H13N3O. The molecule has 4 aromatic carbocycles. The van der Waals surface area contributed by atoms with Crippen LogP contribution in [0.25, 0.3) is 70.4 Å². The Morgan fingerprint density at radius 2 is 1.32 bits per heavy atom. The number of aromatic nitrogens is 3. The third-order valence-electron chi connectivity index (χ3n) is 6.83. The van der Waals surface area contributed by atoms with Crippen molar-refractivity contribution in [2.45, 2.75) is 0 Å². The van der Waals surface area contributed by atoms with Gasteiger partial charge in [0.05, 0.1) is 28.9 Å². The van der Waals surface area contributed by atoms with Gasteiger partial charge in [0.1, 0.15) is 0 Å². The maximum atomic E-state index is 13.9. The summed E-state index contributed by atoms with van der Waals surface area (Å²) in [6.45, 7) is 0. The predicted octanol–water partition coefficient (Wildman–Crippen LogP) is 5.88. The summed E-state index contributed by atoms with van der Waals surface area (Å²) in [5, 5.41) is 10.2. The maximum Gasteiger partial charge on any atom is 0.195 e. The van der Waals surface area contributed by atoms with Crippen LogP contribution in [0.1, 0.15) is 0 Å². The molecule has 8 aromatic rings. The second-order valence-corrected chi connectivity index (χ2v) is 8.23. The van der Waals surface area contributed by atoms with E-state index < -0.39 is 0 Å². The molecule has 4 aromatic heterocycles. The number of hydrogen-bond donors (Lipinski definition) is 0. The van der Waals surface area contributed by atoms with Gasteiger partial charge in [-0.1, -0.05) is 36.4 Å². The van der Waals surface area contributed by atoms with Crippen molar-refractivity contribution in [2.24, 2.45) is 0 Å². The van der Waals surface area contributed by atoms with Crippen LogP contribution in [0.3, 0.4) is 0 Å². The Morgan fingerprint density at radius 3 is 2.13 bits per heavy atom. The summed E-state index contributed by atoms with van der Waals surface area (Å²) in [7, 11) is 0. The number of fused-ring (bicyclic) bond motifs is 9. The molecule has 0 saturated carbocycles. The Kier molecular flexibility index (Phi) is 2.53. The van der Waals surface area contributed by atoms with Crippen LogP contribution in [0.4, 0.5) is 0 Å². The highest BCUT2D eigenvalue weighted by Gasteiger charge is 2.23. The Bertz CT molecular complexity index is 2070. The number of hydrogen-bond acceptors (Lipinski definition) is 3. The van der Waals surface area contributed by atoms with E-state index >= 15 is 0 Å². The second kappa shape index (κ2) is 5.05. The van der Waals surface area contributed by atoms with E-state index in [4.69, 9.17) is 0 Å². The highest BCUT2D eigenvalue weighted by Crippen LogP contribution is 2.43. The lowest BCUT2D eigenvalue weighted by atomic mass is 9.91. The van der Waals surface area contributed by atoms with Gasteiger partial charge in [0.2, 0.25) is 0 Å². The van der Waals surface area contributed by atoms with Gasteiger partial charge in [0.25, 0.3) is 0 Å². The second-order valence-electron chi connectivity index (χ2n) is 8.23. The molecule has 0 unspecified atom stereocenters. The molecular weight excluding hydrogens is 382 g/mol. The lowest BCUT2D eigenvalue weighted by Gasteiger charge is -2.10. The third-order valence-corrected chi connectivity index (χ3v) is 6.83. The Hall–Kier alpha value is -4.31. The predicted molar refractivity (Wildman–Crippen MR) is 127 cm³/mol. The lowest BCUT2D eigenvalue weighted by Crippen LogP contribution is -2.03. The maximum absolute atomic E-state index is 13.9. The molecule has 0 bridgehead atoms. The summed E-state index contributed by atoms with van der Waals surface area (Å²) in [4.78, 5) is 22.7. The van der Waals surface area contributed by atoms with Crippen LogP contribution in [0.2, 0.25) is 0 Å². The summed E-state index contributed by atoms with van der Waals surface area (Å²) in [5.41, 5.74) is 3.21. The van der Waals surface area contributed by atoms with Crippen LogP contribution < -0.4 is 5.43 Å². The minimum atomic E-state index is 0.0933. The first-order valence-electron chi connectivity index (χ1n) is 10.3. The van der Waals surface area contributed by atoms with E-state index in [9.17, 15) is 4.79 Å². The van der Waals surface area contributed by atoms with Crippen molar-refractivity contribution in [1.82, 2.24) is 14.4 Å².